The third-order valence-corrected chi connectivity index (χ3v) is 4.04. The van der Waals surface area contributed by atoms with Crippen LogP contribution in [0.2, 0.25) is 0 Å². The summed E-state index contributed by atoms with van der Waals surface area (Å²) in [6, 6.07) is 0. The van der Waals surface area contributed by atoms with E-state index >= 15 is 0 Å². The molecule has 0 radical (unpaired) electrons. The van der Waals surface area contributed by atoms with Crippen LogP contribution >= 0.6 is 0 Å². The van der Waals surface area contributed by atoms with E-state index in [2.05, 4.69) is 11.8 Å². The van der Waals surface area contributed by atoms with Crippen molar-refractivity contribution in [1.29, 1.82) is 0 Å². The molecule has 0 aromatic carbocycles. The number of aliphatic hydroxyl groups is 1. The van der Waals surface area contributed by atoms with Crippen molar-refractivity contribution in [1.82, 2.24) is 0 Å². The maximum absolute atomic E-state index is 11.9. The second-order valence-corrected chi connectivity index (χ2v) is 5.79. The first-order chi connectivity index (χ1) is 10.5. The summed E-state index contributed by atoms with van der Waals surface area (Å²) in [5.74, 6) is 5.73. The van der Waals surface area contributed by atoms with Crippen LogP contribution in [-0.2, 0) is 9.59 Å². The topological polar surface area (TPSA) is 74.6 Å². The Morgan fingerprint density at radius 1 is 1.41 bits per heavy atom. The largest absolute Gasteiger partial charge is 0.481 e. The number of carbonyl (C=O) groups excluding carboxylic acids is 1. The Morgan fingerprint density at radius 2 is 2.18 bits per heavy atom. The normalized spacial score (nSPS) is 22.5. The van der Waals surface area contributed by atoms with Crippen LogP contribution < -0.4 is 0 Å². The fourth-order valence-corrected chi connectivity index (χ4v) is 2.60. The molecule has 1 rings (SSSR count). The first kappa shape index (κ1) is 18.4. The second-order valence-electron chi connectivity index (χ2n) is 5.79. The number of unbranched alkanes of at least 4 members (excludes halogenated alkanes) is 2. The molecule has 1 aliphatic rings. The molecule has 22 heavy (non-hydrogen) atoms. The van der Waals surface area contributed by atoms with Crippen LogP contribution in [0.3, 0.4) is 0 Å². The maximum Gasteiger partial charge on any atom is 0.303 e. The minimum absolute atomic E-state index is 0.0492. The van der Waals surface area contributed by atoms with Gasteiger partial charge < -0.3 is 10.2 Å². The predicted octanol–water partition coefficient (Wildman–Crippen LogP) is 2.95. The fourth-order valence-electron chi connectivity index (χ4n) is 2.60. The van der Waals surface area contributed by atoms with Gasteiger partial charge in [-0.15, -0.1) is 11.8 Å². The predicted molar refractivity (Wildman–Crippen MR) is 85.2 cm³/mol. The van der Waals surface area contributed by atoms with Crippen molar-refractivity contribution < 1.29 is 19.8 Å². The Hall–Kier alpha value is -1.60. The molecule has 0 spiro atoms. The van der Waals surface area contributed by atoms with Crippen LogP contribution in [0.4, 0.5) is 0 Å². The van der Waals surface area contributed by atoms with Gasteiger partial charge >= 0.3 is 5.97 Å². The molecule has 0 aliphatic heterocycles. The lowest BCUT2D eigenvalue weighted by Crippen LogP contribution is -2.13. The molecule has 1 aliphatic carbocycles. The quantitative estimate of drug-likeness (QED) is 0.411. The molecule has 0 heterocycles. The van der Waals surface area contributed by atoms with E-state index < -0.39 is 12.1 Å². The van der Waals surface area contributed by atoms with Crippen LogP contribution in [-0.4, -0.2) is 28.1 Å². The lowest BCUT2D eigenvalue weighted by Gasteiger charge is -2.12. The number of rotatable bonds is 8. The molecular formula is C18H26O4. The van der Waals surface area contributed by atoms with Gasteiger partial charge in [0.05, 0.1) is 6.10 Å². The van der Waals surface area contributed by atoms with Gasteiger partial charge in [0, 0.05) is 31.6 Å². The van der Waals surface area contributed by atoms with E-state index in [4.69, 9.17) is 5.11 Å². The zero-order valence-electron chi connectivity index (χ0n) is 13.3. The molecule has 1 fully saturated rings. The van der Waals surface area contributed by atoms with Crippen molar-refractivity contribution >= 4 is 11.8 Å². The van der Waals surface area contributed by atoms with Gasteiger partial charge in [-0.05, 0) is 31.6 Å². The molecule has 0 bridgehead atoms. The van der Waals surface area contributed by atoms with E-state index in [0.717, 1.165) is 12.8 Å². The number of ketones is 1. The van der Waals surface area contributed by atoms with Crippen molar-refractivity contribution in [2.45, 2.75) is 64.4 Å². The summed E-state index contributed by atoms with van der Waals surface area (Å²) < 4.78 is 0. The molecule has 0 aromatic rings. The SMILES string of the molecule is CCC(O)/C=C/C1CCC(=O)C1CC#CCCCCC(=O)O. The fraction of sp³-hybridized carbons (Fsp3) is 0.667. The number of carboxylic acid groups (broad SMARTS) is 1. The zero-order chi connectivity index (χ0) is 16.4. The van der Waals surface area contributed by atoms with Gasteiger partial charge in [-0.2, -0.15) is 0 Å². The highest BCUT2D eigenvalue weighted by atomic mass is 16.4. The first-order valence-corrected chi connectivity index (χ1v) is 8.11. The van der Waals surface area contributed by atoms with Gasteiger partial charge in [0.1, 0.15) is 5.78 Å². The lowest BCUT2D eigenvalue weighted by atomic mass is 9.91. The third kappa shape index (κ3) is 6.91. The summed E-state index contributed by atoms with van der Waals surface area (Å²) in [5.41, 5.74) is 0. The average molecular weight is 306 g/mol. The standard InChI is InChI=1S/C18H26O4/c1-2-15(19)12-10-14-11-13-17(20)16(14)8-6-4-3-5-7-9-18(21)22/h10,12,14-16,19H,2-3,5,7-9,11,13H2,1H3,(H,21,22)/b12-10+. The Morgan fingerprint density at radius 3 is 2.86 bits per heavy atom. The van der Waals surface area contributed by atoms with Gasteiger partial charge in [0.25, 0.3) is 0 Å². The van der Waals surface area contributed by atoms with E-state index in [-0.39, 0.29) is 24.0 Å². The minimum Gasteiger partial charge on any atom is -0.481 e. The summed E-state index contributed by atoms with van der Waals surface area (Å²) in [4.78, 5) is 22.3. The van der Waals surface area contributed by atoms with Gasteiger partial charge in [0.15, 0.2) is 0 Å². The maximum atomic E-state index is 11.9. The van der Waals surface area contributed by atoms with Crippen molar-refractivity contribution in [3.63, 3.8) is 0 Å². The van der Waals surface area contributed by atoms with Crippen LogP contribution in [0.15, 0.2) is 12.2 Å². The monoisotopic (exact) mass is 306 g/mol. The Balaban J connectivity index is 2.37. The number of hydrogen-bond acceptors (Lipinski definition) is 3. The van der Waals surface area contributed by atoms with E-state index in [0.29, 0.717) is 32.1 Å². The van der Waals surface area contributed by atoms with Crippen molar-refractivity contribution in [3.05, 3.63) is 12.2 Å². The number of carboxylic acids is 1. The highest BCUT2D eigenvalue weighted by molar-refractivity contribution is 5.84. The van der Waals surface area contributed by atoms with E-state index in [1.54, 1.807) is 6.08 Å². The van der Waals surface area contributed by atoms with Crippen LogP contribution in [0, 0.1) is 23.7 Å². The Labute approximate surface area is 132 Å². The molecule has 2 N–H and O–H groups in total. The lowest BCUT2D eigenvalue weighted by molar-refractivity contribution is -0.137. The molecule has 4 heteroatoms. The molecule has 0 amide bonds. The second kappa shape index (κ2) is 10.2. The molecule has 122 valence electrons. The van der Waals surface area contributed by atoms with Gasteiger partial charge in [-0.1, -0.05) is 19.1 Å². The average Bonchev–Trinajstić information content (AvgIpc) is 2.84. The Kier molecular flexibility index (Phi) is 8.54. The number of aliphatic carboxylic acids is 1. The molecule has 0 aromatic heterocycles. The van der Waals surface area contributed by atoms with Crippen molar-refractivity contribution in [2.24, 2.45) is 11.8 Å². The third-order valence-electron chi connectivity index (χ3n) is 4.04. The highest BCUT2D eigenvalue weighted by Crippen LogP contribution is 2.32. The summed E-state index contributed by atoms with van der Waals surface area (Å²) in [6.07, 6.45) is 8.31. The van der Waals surface area contributed by atoms with Crippen LogP contribution in [0.1, 0.15) is 58.3 Å². The van der Waals surface area contributed by atoms with Crippen LogP contribution in [0.5, 0.6) is 0 Å². The van der Waals surface area contributed by atoms with Gasteiger partial charge in [0.2, 0.25) is 0 Å². The van der Waals surface area contributed by atoms with Crippen molar-refractivity contribution in [2.75, 3.05) is 0 Å². The zero-order valence-corrected chi connectivity index (χ0v) is 13.3. The molecule has 3 atom stereocenters. The van der Waals surface area contributed by atoms with E-state index in [1.807, 2.05) is 13.0 Å². The smallest absolute Gasteiger partial charge is 0.303 e. The van der Waals surface area contributed by atoms with E-state index in [9.17, 15) is 14.7 Å². The number of hydrogen-bond donors (Lipinski definition) is 2. The minimum atomic E-state index is -0.770. The highest BCUT2D eigenvalue weighted by Gasteiger charge is 2.32. The number of carbonyl (C=O) groups is 2. The summed E-state index contributed by atoms with van der Waals surface area (Å²) in [7, 11) is 0. The molecule has 4 nitrogen and oxygen atoms in total. The summed E-state index contributed by atoms with van der Waals surface area (Å²) in [5, 5.41) is 18.1. The van der Waals surface area contributed by atoms with Gasteiger partial charge in [-0.25, -0.2) is 0 Å². The molecular weight excluding hydrogens is 280 g/mol. The first-order valence-electron chi connectivity index (χ1n) is 8.11. The van der Waals surface area contributed by atoms with E-state index in [1.165, 1.54) is 0 Å². The van der Waals surface area contributed by atoms with Gasteiger partial charge in [-0.3, -0.25) is 9.59 Å². The van der Waals surface area contributed by atoms with Crippen molar-refractivity contribution in [3.8, 4) is 11.8 Å². The van der Waals surface area contributed by atoms with Crippen LogP contribution in [0.25, 0.3) is 0 Å². The number of aliphatic hydroxyl groups excluding tert-OH is 1. The molecule has 3 unspecified atom stereocenters. The molecule has 0 saturated heterocycles. The number of allylic oxidation sites excluding steroid dienone is 1. The summed E-state index contributed by atoms with van der Waals surface area (Å²) >= 11 is 0. The summed E-state index contributed by atoms with van der Waals surface area (Å²) in [6.45, 7) is 1.92. The Bertz CT molecular complexity index is 455. The number of Topliss-reactive ketones (excluding diaryl/α,β-unsaturated/α-hetero) is 1. The molecule has 1 saturated carbocycles.